The summed E-state index contributed by atoms with van der Waals surface area (Å²) in [5.74, 6) is 2.59. The molecule has 13 nitrogen and oxygen atoms in total. The minimum absolute atomic E-state index is 0.00261. The summed E-state index contributed by atoms with van der Waals surface area (Å²) < 4.78 is 87.8. The van der Waals surface area contributed by atoms with Crippen LogP contribution in [0.25, 0.3) is 23.0 Å². The molecule has 0 atom stereocenters. The van der Waals surface area contributed by atoms with Crippen LogP contribution in [0.2, 0.25) is 0 Å². The summed E-state index contributed by atoms with van der Waals surface area (Å²) in [6, 6.07) is 21.4. The smallest absolute Gasteiger partial charge is 0.432 e. The van der Waals surface area contributed by atoms with Crippen LogP contribution in [0, 0.1) is 6.92 Å². The number of nitrogens with one attached hydrogen (secondary N) is 4. The highest BCUT2D eigenvalue weighted by molar-refractivity contribution is 7.80. The Labute approximate surface area is 343 Å². The molecule has 7 aromatic rings. The third kappa shape index (κ3) is 10.6. The molecule has 0 saturated carbocycles. The van der Waals surface area contributed by atoms with Crippen molar-refractivity contribution in [2.75, 3.05) is 41.1 Å². The minimum atomic E-state index is -4.49. The number of nitrogen functional groups attached to an aromatic ring is 2. The highest BCUT2D eigenvalue weighted by Crippen LogP contribution is 2.34. The van der Waals surface area contributed by atoms with Gasteiger partial charge < -0.3 is 46.4 Å². The molecule has 0 unspecified atom stereocenters. The lowest BCUT2D eigenvalue weighted by molar-refractivity contribution is -0.141. The molecule has 3 aromatic carbocycles. The molecule has 0 amide bonds. The first-order chi connectivity index (χ1) is 28.5. The monoisotopic (exact) mass is 847 g/mol. The number of pyridine rings is 2. The van der Waals surface area contributed by atoms with E-state index in [1.54, 1.807) is 86.0 Å². The van der Waals surface area contributed by atoms with Gasteiger partial charge in [0.2, 0.25) is 0 Å². The van der Waals surface area contributed by atoms with Crippen molar-refractivity contribution in [2.45, 2.75) is 19.3 Å². The van der Waals surface area contributed by atoms with E-state index in [0.717, 1.165) is 29.7 Å². The number of alkyl halides is 6. The molecule has 20 heteroatoms. The predicted octanol–water partition coefficient (Wildman–Crippen LogP) is 9.91. The van der Waals surface area contributed by atoms with Gasteiger partial charge in [-0.3, -0.25) is 9.97 Å². The third-order valence-electron chi connectivity index (χ3n) is 8.42. The van der Waals surface area contributed by atoms with E-state index < -0.39 is 23.6 Å². The lowest BCUT2D eigenvalue weighted by Gasteiger charge is -2.23. The second-order valence-corrected chi connectivity index (χ2v) is 13.2. The number of ether oxygens (including phenoxy) is 2. The Morgan fingerprint density at radius 2 is 1.23 bits per heavy atom. The average molecular weight is 848 g/mol. The maximum absolute atomic E-state index is 12.8. The first-order valence-electron chi connectivity index (χ1n) is 17.6. The molecule has 0 aliphatic carbocycles. The Balaban J connectivity index is 0.000000213. The highest BCUT2D eigenvalue weighted by atomic mass is 32.1. The molecular weight excluding hydrogens is 813 g/mol. The number of imidazole rings is 2. The van der Waals surface area contributed by atoms with Gasteiger partial charge in [0, 0.05) is 68.3 Å². The number of anilines is 5. The summed E-state index contributed by atoms with van der Waals surface area (Å²) >= 11 is 5.40. The highest BCUT2D eigenvalue weighted by Gasteiger charge is 2.33. The Bertz CT molecular complexity index is 2590. The molecule has 0 radical (unpaired) electrons. The van der Waals surface area contributed by atoms with Crippen LogP contribution in [0.5, 0.6) is 23.0 Å². The number of rotatable bonds is 9. The van der Waals surface area contributed by atoms with Crippen molar-refractivity contribution in [3.8, 4) is 46.0 Å². The van der Waals surface area contributed by atoms with Gasteiger partial charge in [-0.25, -0.2) is 9.97 Å². The molecule has 0 saturated heterocycles. The number of hydrogen-bond acceptors (Lipinski definition) is 10. The summed E-state index contributed by atoms with van der Waals surface area (Å²) in [6.07, 6.45) is -3.40. The number of aromatic amines is 2. The zero-order valence-corrected chi connectivity index (χ0v) is 32.6. The second-order valence-electron chi connectivity index (χ2n) is 12.8. The number of aryl methyl sites for hydroxylation is 1. The van der Waals surface area contributed by atoms with Crippen LogP contribution in [0.3, 0.4) is 0 Å². The van der Waals surface area contributed by atoms with E-state index in [-0.39, 0.29) is 16.6 Å². The normalized spacial score (nSPS) is 11.3. The fourth-order valence-electron chi connectivity index (χ4n) is 5.41. The first-order valence-corrected chi connectivity index (χ1v) is 18.0. The lowest BCUT2D eigenvalue weighted by atomic mass is 10.2. The molecule has 0 spiro atoms. The molecule has 0 aliphatic rings. The van der Waals surface area contributed by atoms with Crippen LogP contribution in [0.15, 0.2) is 110 Å². The van der Waals surface area contributed by atoms with Crippen molar-refractivity contribution in [3.63, 3.8) is 0 Å². The van der Waals surface area contributed by atoms with Gasteiger partial charge in [0.1, 0.15) is 40.1 Å². The summed E-state index contributed by atoms with van der Waals surface area (Å²) in [5, 5.41) is 6.11. The summed E-state index contributed by atoms with van der Waals surface area (Å²) in [4.78, 5) is 23.3. The van der Waals surface area contributed by atoms with E-state index >= 15 is 0 Å². The van der Waals surface area contributed by atoms with Crippen LogP contribution < -0.4 is 36.5 Å². The van der Waals surface area contributed by atoms with E-state index in [4.69, 9.17) is 33.2 Å². The van der Waals surface area contributed by atoms with Gasteiger partial charge in [-0.05, 0) is 79.8 Å². The van der Waals surface area contributed by atoms with Crippen molar-refractivity contribution in [1.82, 2.24) is 29.9 Å². The van der Waals surface area contributed by atoms with Crippen LogP contribution in [-0.4, -0.2) is 49.1 Å². The molecular formula is C40H35F6N11O2S. The Morgan fingerprint density at radius 3 is 1.73 bits per heavy atom. The number of hydrogen-bond donors (Lipinski definition) is 6. The molecule has 4 aromatic heterocycles. The molecule has 0 fully saturated rings. The summed E-state index contributed by atoms with van der Waals surface area (Å²) in [5.41, 5.74) is 14.9. The van der Waals surface area contributed by atoms with Crippen LogP contribution in [-0.2, 0) is 12.4 Å². The quantitative estimate of drug-likeness (QED) is 0.0461. The Hall–Kier alpha value is -7.35. The zero-order valence-electron chi connectivity index (χ0n) is 31.8. The van der Waals surface area contributed by atoms with E-state index in [1.165, 1.54) is 24.4 Å². The number of aromatic nitrogens is 6. The number of nitrogens with two attached hydrogens (primary N) is 2. The van der Waals surface area contributed by atoms with Gasteiger partial charge in [0.25, 0.3) is 0 Å². The number of H-pyrrole nitrogens is 2. The fraction of sp³-hybridized carbons (Fsp3) is 0.125. The fourth-order valence-corrected chi connectivity index (χ4v) is 5.63. The third-order valence-corrected chi connectivity index (χ3v) is 8.80. The van der Waals surface area contributed by atoms with Crippen molar-refractivity contribution in [1.29, 1.82) is 0 Å². The number of nitrogens with zero attached hydrogens (tertiary/aromatic N) is 5. The zero-order chi connectivity index (χ0) is 43.2. The van der Waals surface area contributed by atoms with Gasteiger partial charge in [-0.2, -0.15) is 26.3 Å². The van der Waals surface area contributed by atoms with Crippen molar-refractivity contribution in [3.05, 3.63) is 127 Å². The van der Waals surface area contributed by atoms with Gasteiger partial charge >= 0.3 is 12.4 Å². The van der Waals surface area contributed by atoms with Gasteiger partial charge in [-0.15, -0.1) is 0 Å². The molecule has 310 valence electrons. The summed E-state index contributed by atoms with van der Waals surface area (Å²) in [6.45, 7) is 1.91. The second kappa shape index (κ2) is 17.6. The van der Waals surface area contributed by atoms with Gasteiger partial charge in [-0.1, -0.05) is 0 Å². The lowest BCUT2D eigenvalue weighted by Crippen LogP contribution is -2.31. The molecule has 8 N–H and O–H groups in total. The number of thiocarbonyl (C=S) groups is 1. The molecule has 4 heterocycles. The number of benzene rings is 3. The molecule has 7 rings (SSSR count). The first kappa shape index (κ1) is 42.3. The Kier molecular flexibility index (Phi) is 12.4. The largest absolute Gasteiger partial charge is 0.457 e. The van der Waals surface area contributed by atoms with Gasteiger partial charge in [0.15, 0.2) is 16.8 Å². The predicted molar refractivity (Wildman–Crippen MR) is 221 cm³/mol. The van der Waals surface area contributed by atoms with Crippen LogP contribution >= 0.6 is 12.2 Å². The standard InChI is InChI=1S/C24H21F3N6OS.C16H14F3N5O/c1-14-13-30-22(31-14)20-12-18(9-10-29-20)34-17-7-8-21(19(28)11-17)33(2)23(35)32-16-5-3-15(4-6-16)24(25,26)27;1-21-12-3-2-9(6-11(12)20)25-10-4-5-22-13(7-10)15-23-8-14(24-15)16(17,18)19/h3-13H,28H2,1-2H3,(H,30,31)(H,32,35);2-8,21H,20H2,1H3,(H,23,24). The average Bonchev–Trinajstić information content (AvgIpc) is 3.89. The Morgan fingerprint density at radius 1 is 0.683 bits per heavy atom. The summed E-state index contributed by atoms with van der Waals surface area (Å²) in [7, 11) is 3.45. The minimum Gasteiger partial charge on any atom is -0.457 e. The van der Waals surface area contributed by atoms with E-state index in [2.05, 4.69) is 40.5 Å². The topological polar surface area (TPSA) is 181 Å². The van der Waals surface area contributed by atoms with Crippen molar-refractivity contribution >= 4 is 45.8 Å². The molecule has 0 bridgehead atoms. The van der Waals surface area contributed by atoms with E-state index in [1.807, 2.05) is 6.92 Å². The maximum atomic E-state index is 12.8. The molecule has 0 aliphatic heterocycles. The van der Waals surface area contributed by atoms with Crippen LogP contribution in [0.4, 0.5) is 54.8 Å². The SMILES string of the molecule is CNc1ccc(Oc2ccnc(-c3ncc(C(F)(F)F)[nH]3)c2)cc1N.Cc1cnc(-c2cc(Oc3ccc(N(C)C(=S)Nc4ccc(C(F)(F)F)cc4)c(N)c3)ccn2)[nH]1. The van der Waals surface area contributed by atoms with Crippen LogP contribution in [0.1, 0.15) is 17.0 Å². The van der Waals surface area contributed by atoms with Crippen molar-refractivity contribution in [2.24, 2.45) is 0 Å². The van der Waals surface area contributed by atoms with E-state index in [9.17, 15) is 26.3 Å². The number of halogens is 6. The maximum Gasteiger partial charge on any atom is 0.432 e. The molecule has 60 heavy (non-hydrogen) atoms. The van der Waals surface area contributed by atoms with Gasteiger partial charge in [0.05, 0.1) is 34.5 Å². The van der Waals surface area contributed by atoms with Crippen molar-refractivity contribution < 1.29 is 35.8 Å². The van der Waals surface area contributed by atoms with E-state index in [0.29, 0.717) is 57.3 Å².